The number of carbonyl (C=O) groups is 2. The van der Waals surface area contributed by atoms with Crippen molar-refractivity contribution in [2.45, 2.75) is 0 Å². The van der Waals surface area contributed by atoms with Crippen LogP contribution in [-0.2, 0) is 4.79 Å². The van der Waals surface area contributed by atoms with Crippen LogP contribution in [0.2, 0.25) is 0 Å². The quantitative estimate of drug-likeness (QED) is 0.357. The van der Waals surface area contributed by atoms with Crippen LogP contribution in [0.4, 0.5) is 4.39 Å². The molecule has 8 nitrogen and oxygen atoms in total. The lowest BCUT2D eigenvalue weighted by molar-refractivity contribution is -0.135. The van der Waals surface area contributed by atoms with Gasteiger partial charge in [-0.25, -0.2) is 9.37 Å². The van der Waals surface area contributed by atoms with Gasteiger partial charge >= 0.3 is 5.97 Å². The molecule has 0 radical (unpaired) electrons. The Morgan fingerprint density at radius 2 is 1.82 bits per heavy atom. The van der Waals surface area contributed by atoms with E-state index in [-0.39, 0.29) is 5.69 Å². The molecule has 0 aliphatic rings. The number of fused-ring (bicyclic) bond motifs is 1. The van der Waals surface area contributed by atoms with Crippen LogP contribution in [0.15, 0.2) is 59.2 Å². The van der Waals surface area contributed by atoms with Crippen LogP contribution in [0.3, 0.4) is 0 Å². The van der Waals surface area contributed by atoms with Gasteiger partial charge in [-0.2, -0.15) is 0 Å². The number of pyridine rings is 1. The first kappa shape index (κ1) is 22.3. The number of nitrogens with zero attached hydrogens (tertiary/aromatic N) is 2. The minimum absolute atomic E-state index is 0.292. The van der Waals surface area contributed by atoms with Gasteiger partial charge in [0.15, 0.2) is 11.4 Å². The highest BCUT2D eigenvalue weighted by Gasteiger charge is 2.25. The zero-order chi connectivity index (χ0) is 23.7. The fourth-order valence-electron chi connectivity index (χ4n) is 3.48. The topological polar surface area (TPSA) is 114 Å². The van der Waals surface area contributed by atoms with Crippen LogP contribution in [0.5, 0.6) is 11.5 Å². The maximum absolute atomic E-state index is 13.6. The Morgan fingerprint density at radius 1 is 1.15 bits per heavy atom. The molecule has 0 fully saturated rings. The van der Waals surface area contributed by atoms with Gasteiger partial charge in [0.1, 0.15) is 18.1 Å². The van der Waals surface area contributed by atoms with Gasteiger partial charge in [0.05, 0.1) is 34.4 Å². The fourth-order valence-corrected chi connectivity index (χ4v) is 4.28. The molecule has 10 heteroatoms. The Kier molecular flexibility index (Phi) is 6.01. The summed E-state index contributed by atoms with van der Waals surface area (Å²) >= 11 is 3.53. The molecule has 0 spiro atoms. The summed E-state index contributed by atoms with van der Waals surface area (Å²) in [4.78, 5) is 27.2. The zero-order valence-electron chi connectivity index (χ0n) is 17.2. The molecule has 0 atom stereocenters. The average molecular weight is 514 g/mol. The number of ether oxygens (including phenoxy) is 1. The fraction of sp³-hybridized carbons (Fsp3) is 0.0870. The SMILES string of the molecule is COc1ccc(-n2c(-c3ccc(F)cc3)c(Br)c3c(O)c(C(=O)NCC(=O)O)ncc32)cc1. The van der Waals surface area contributed by atoms with Crippen molar-refractivity contribution in [3.63, 3.8) is 0 Å². The van der Waals surface area contributed by atoms with Crippen molar-refractivity contribution in [1.82, 2.24) is 14.9 Å². The molecule has 4 aromatic rings. The summed E-state index contributed by atoms with van der Waals surface area (Å²) in [6, 6.07) is 13.0. The molecule has 2 heterocycles. The summed E-state index contributed by atoms with van der Waals surface area (Å²) in [7, 11) is 1.56. The van der Waals surface area contributed by atoms with Crippen molar-refractivity contribution in [3.05, 3.63) is 70.7 Å². The number of carboxylic acids is 1. The van der Waals surface area contributed by atoms with E-state index in [1.165, 1.54) is 18.3 Å². The number of nitrogens with one attached hydrogen (secondary N) is 1. The number of rotatable bonds is 6. The highest BCUT2D eigenvalue weighted by Crippen LogP contribution is 2.44. The molecule has 0 bridgehead atoms. The van der Waals surface area contributed by atoms with Crippen LogP contribution in [0.1, 0.15) is 10.5 Å². The number of hydrogen-bond donors (Lipinski definition) is 3. The van der Waals surface area contributed by atoms with Crippen molar-refractivity contribution in [1.29, 1.82) is 0 Å². The zero-order valence-corrected chi connectivity index (χ0v) is 18.8. The Bertz CT molecular complexity index is 1370. The van der Waals surface area contributed by atoms with Crippen LogP contribution < -0.4 is 10.1 Å². The van der Waals surface area contributed by atoms with Gasteiger partial charge in [-0.05, 0) is 70.0 Å². The van der Waals surface area contributed by atoms with Crippen molar-refractivity contribution in [2.24, 2.45) is 0 Å². The van der Waals surface area contributed by atoms with E-state index in [2.05, 4.69) is 26.2 Å². The summed E-state index contributed by atoms with van der Waals surface area (Å²) in [6.45, 7) is -0.618. The highest BCUT2D eigenvalue weighted by molar-refractivity contribution is 9.10. The first-order chi connectivity index (χ1) is 15.8. The summed E-state index contributed by atoms with van der Waals surface area (Å²) in [5, 5.41) is 22.2. The number of aromatic nitrogens is 2. The molecule has 0 saturated heterocycles. The van der Waals surface area contributed by atoms with Gasteiger partial charge in [-0.1, -0.05) is 0 Å². The van der Waals surface area contributed by atoms with E-state index in [0.717, 1.165) is 0 Å². The summed E-state index contributed by atoms with van der Waals surface area (Å²) in [6.07, 6.45) is 1.41. The van der Waals surface area contributed by atoms with E-state index in [1.54, 1.807) is 35.9 Å². The second-order valence-electron chi connectivity index (χ2n) is 6.99. The first-order valence-corrected chi connectivity index (χ1v) is 10.4. The van der Waals surface area contributed by atoms with Gasteiger partial charge in [0, 0.05) is 5.69 Å². The molecular weight excluding hydrogens is 497 g/mol. The van der Waals surface area contributed by atoms with E-state index in [9.17, 15) is 19.1 Å². The van der Waals surface area contributed by atoms with Crippen LogP contribution in [0, 0.1) is 5.82 Å². The van der Waals surface area contributed by atoms with Crippen molar-refractivity contribution in [2.75, 3.05) is 13.7 Å². The second kappa shape index (κ2) is 8.91. The van der Waals surface area contributed by atoms with Crippen LogP contribution in [0.25, 0.3) is 27.8 Å². The van der Waals surface area contributed by atoms with Crippen LogP contribution in [-0.4, -0.2) is 45.3 Å². The van der Waals surface area contributed by atoms with Gasteiger partial charge in [0.25, 0.3) is 5.91 Å². The molecule has 2 aromatic carbocycles. The van der Waals surface area contributed by atoms with Crippen molar-refractivity contribution < 1.29 is 28.9 Å². The maximum Gasteiger partial charge on any atom is 0.322 e. The third-order valence-electron chi connectivity index (χ3n) is 4.99. The predicted octanol–water partition coefficient (Wildman–Crippen LogP) is 4.12. The number of amides is 1. The number of halogens is 2. The lowest BCUT2D eigenvalue weighted by Crippen LogP contribution is -2.29. The Hall–Kier alpha value is -3.92. The highest BCUT2D eigenvalue weighted by atomic mass is 79.9. The van der Waals surface area contributed by atoms with Gasteiger partial charge < -0.3 is 24.8 Å². The van der Waals surface area contributed by atoms with E-state index in [4.69, 9.17) is 9.84 Å². The van der Waals surface area contributed by atoms with Crippen LogP contribution >= 0.6 is 15.9 Å². The molecule has 0 saturated carbocycles. The lowest BCUT2D eigenvalue weighted by atomic mass is 10.1. The lowest BCUT2D eigenvalue weighted by Gasteiger charge is -2.12. The van der Waals surface area contributed by atoms with E-state index in [0.29, 0.717) is 38.1 Å². The second-order valence-corrected chi connectivity index (χ2v) is 7.79. The molecule has 2 aromatic heterocycles. The normalized spacial score (nSPS) is 10.9. The molecule has 4 rings (SSSR count). The number of carbonyl (C=O) groups excluding carboxylic acids is 1. The van der Waals surface area contributed by atoms with Crippen molar-refractivity contribution in [3.8, 4) is 28.4 Å². The standard InChI is InChI=1S/C23H17BrFN3O5/c1-33-15-8-6-14(7-9-15)28-16-10-26-20(23(32)27-11-17(29)30)22(31)18(16)19(24)21(28)12-2-4-13(25)5-3-12/h2-10,31H,11H2,1H3,(H,27,32)(H,29,30). The molecule has 168 valence electrons. The number of aromatic hydroxyl groups is 1. The molecule has 0 aliphatic heterocycles. The molecule has 33 heavy (non-hydrogen) atoms. The summed E-state index contributed by atoms with van der Waals surface area (Å²) in [5.74, 6) is -2.23. The van der Waals surface area contributed by atoms with Gasteiger partial charge in [-0.3, -0.25) is 9.59 Å². The minimum atomic E-state index is -1.23. The number of benzene rings is 2. The first-order valence-electron chi connectivity index (χ1n) is 9.64. The molecule has 1 amide bonds. The van der Waals surface area contributed by atoms with E-state index in [1.807, 2.05) is 12.1 Å². The largest absolute Gasteiger partial charge is 0.505 e. The molecular formula is C23H17BrFN3O5. The molecule has 3 N–H and O–H groups in total. The van der Waals surface area contributed by atoms with Gasteiger partial charge in [-0.15, -0.1) is 0 Å². The Morgan fingerprint density at radius 3 is 2.42 bits per heavy atom. The minimum Gasteiger partial charge on any atom is -0.505 e. The predicted molar refractivity (Wildman–Crippen MR) is 122 cm³/mol. The van der Waals surface area contributed by atoms with E-state index < -0.39 is 30.0 Å². The monoisotopic (exact) mass is 513 g/mol. The number of methoxy groups -OCH3 is 1. The third kappa shape index (κ3) is 4.12. The summed E-state index contributed by atoms with van der Waals surface area (Å²) in [5.41, 5.74) is 2.10. The molecule has 0 unspecified atom stereocenters. The van der Waals surface area contributed by atoms with Crippen molar-refractivity contribution >= 4 is 38.7 Å². The maximum atomic E-state index is 13.6. The average Bonchev–Trinajstić information content (AvgIpc) is 3.11. The van der Waals surface area contributed by atoms with E-state index >= 15 is 0 Å². The smallest absolute Gasteiger partial charge is 0.322 e. The number of aliphatic carboxylic acids is 1. The Labute approximate surface area is 195 Å². The van der Waals surface area contributed by atoms with Gasteiger partial charge in [0.2, 0.25) is 0 Å². The number of hydrogen-bond acceptors (Lipinski definition) is 5. The molecule has 0 aliphatic carbocycles. The number of carboxylic acid groups (broad SMARTS) is 1. The third-order valence-corrected chi connectivity index (χ3v) is 5.76. The Balaban J connectivity index is 1.98. The summed E-state index contributed by atoms with van der Waals surface area (Å²) < 4.78 is 21.1.